The molecule has 0 fully saturated rings. The zero-order chi connectivity index (χ0) is 20.5. The molecule has 4 aromatic rings. The third kappa shape index (κ3) is 3.14. The van der Waals surface area contributed by atoms with E-state index in [0.717, 1.165) is 27.7 Å². The number of H-pyrrole nitrogens is 1. The summed E-state index contributed by atoms with van der Waals surface area (Å²) in [5.41, 5.74) is 4.53. The second kappa shape index (κ2) is 7.52. The van der Waals surface area contributed by atoms with Gasteiger partial charge >= 0.3 is 0 Å². The van der Waals surface area contributed by atoms with Crippen molar-refractivity contribution in [3.63, 3.8) is 0 Å². The average molecular weight is 395 g/mol. The van der Waals surface area contributed by atoms with Crippen LogP contribution in [0.1, 0.15) is 33.9 Å². The van der Waals surface area contributed by atoms with E-state index in [4.69, 9.17) is 0 Å². The maximum atomic E-state index is 13.2. The number of aromatic amines is 1. The number of rotatable bonds is 5. The summed E-state index contributed by atoms with van der Waals surface area (Å²) in [5.74, 6) is -0.143. The predicted molar refractivity (Wildman–Crippen MR) is 117 cm³/mol. The Balaban J connectivity index is 1.44. The molecule has 1 aromatic heterocycles. The molecule has 5 nitrogen and oxygen atoms in total. The van der Waals surface area contributed by atoms with E-state index >= 15 is 0 Å². The quantitative estimate of drug-likeness (QED) is 0.513. The molecule has 0 saturated carbocycles. The first-order valence-electron chi connectivity index (χ1n) is 10.0. The van der Waals surface area contributed by atoms with Crippen molar-refractivity contribution in [3.8, 4) is 0 Å². The second-order valence-electron chi connectivity index (χ2n) is 7.44. The highest BCUT2D eigenvalue weighted by atomic mass is 16.2. The SMILES string of the molecule is O=C(CCN1C(=O)c2ccccc2[C@H]1c1c[nH]c2ccccc12)Nc1ccccc1. The van der Waals surface area contributed by atoms with Gasteiger partial charge in [-0.15, -0.1) is 0 Å². The largest absolute Gasteiger partial charge is 0.361 e. The molecule has 0 aliphatic carbocycles. The number of carbonyl (C=O) groups is 2. The van der Waals surface area contributed by atoms with Crippen molar-refractivity contribution in [1.82, 2.24) is 9.88 Å². The fourth-order valence-corrected chi connectivity index (χ4v) is 4.22. The van der Waals surface area contributed by atoms with E-state index < -0.39 is 0 Å². The van der Waals surface area contributed by atoms with Crippen LogP contribution in [0.25, 0.3) is 10.9 Å². The van der Waals surface area contributed by atoms with Crippen molar-refractivity contribution in [2.45, 2.75) is 12.5 Å². The van der Waals surface area contributed by atoms with Gasteiger partial charge in [-0.25, -0.2) is 0 Å². The molecule has 0 radical (unpaired) electrons. The van der Waals surface area contributed by atoms with Crippen molar-refractivity contribution < 1.29 is 9.59 Å². The molecule has 1 atom stereocenters. The Labute approximate surface area is 174 Å². The number of aromatic nitrogens is 1. The molecule has 3 aromatic carbocycles. The van der Waals surface area contributed by atoms with Gasteiger partial charge in [-0.1, -0.05) is 54.6 Å². The zero-order valence-electron chi connectivity index (χ0n) is 16.3. The van der Waals surface area contributed by atoms with Crippen LogP contribution < -0.4 is 5.32 Å². The number of para-hydroxylation sites is 2. The average Bonchev–Trinajstić information content (AvgIpc) is 3.32. The summed E-state index contributed by atoms with van der Waals surface area (Å²) < 4.78 is 0. The van der Waals surface area contributed by atoms with Gasteiger partial charge in [0, 0.05) is 46.9 Å². The molecule has 5 heteroatoms. The van der Waals surface area contributed by atoms with Crippen molar-refractivity contribution in [1.29, 1.82) is 0 Å². The number of nitrogens with zero attached hydrogens (tertiary/aromatic N) is 1. The molecule has 30 heavy (non-hydrogen) atoms. The number of hydrogen-bond acceptors (Lipinski definition) is 2. The van der Waals surface area contributed by atoms with Gasteiger partial charge in [0.2, 0.25) is 5.91 Å². The van der Waals surface area contributed by atoms with E-state index in [0.29, 0.717) is 12.1 Å². The Kier molecular flexibility index (Phi) is 4.56. The van der Waals surface area contributed by atoms with Crippen molar-refractivity contribution >= 4 is 28.4 Å². The van der Waals surface area contributed by atoms with Crippen LogP contribution in [0.2, 0.25) is 0 Å². The fourth-order valence-electron chi connectivity index (χ4n) is 4.22. The fraction of sp³-hybridized carbons (Fsp3) is 0.120. The molecule has 0 saturated heterocycles. The Morgan fingerprint density at radius 2 is 1.63 bits per heavy atom. The van der Waals surface area contributed by atoms with E-state index in [1.54, 1.807) is 0 Å². The molecule has 0 spiro atoms. The molecule has 2 amide bonds. The van der Waals surface area contributed by atoms with E-state index in [-0.39, 0.29) is 24.3 Å². The van der Waals surface area contributed by atoms with Crippen molar-refractivity contribution in [3.05, 3.63) is 102 Å². The van der Waals surface area contributed by atoms with Gasteiger partial charge in [0.1, 0.15) is 0 Å². The molecule has 1 aliphatic heterocycles. The minimum absolute atomic E-state index is 0.0339. The first-order valence-corrected chi connectivity index (χ1v) is 10.0. The minimum Gasteiger partial charge on any atom is -0.361 e. The maximum Gasteiger partial charge on any atom is 0.255 e. The lowest BCUT2D eigenvalue weighted by atomic mass is 9.97. The van der Waals surface area contributed by atoms with Crippen LogP contribution >= 0.6 is 0 Å². The van der Waals surface area contributed by atoms with E-state index in [1.165, 1.54) is 0 Å². The Hall–Kier alpha value is -3.86. The van der Waals surface area contributed by atoms with Crippen LogP contribution in [0.5, 0.6) is 0 Å². The smallest absolute Gasteiger partial charge is 0.255 e. The molecule has 5 rings (SSSR count). The highest BCUT2D eigenvalue weighted by molar-refractivity contribution is 6.01. The topological polar surface area (TPSA) is 65.2 Å². The molecule has 0 unspecified atom stereocenters. The van der Waals surface area contributed by atoms with Gasteiger partial charge in [0.25, 0.3) is 5.91 Å². The highest BCUT2D eigenvalue weighted by Gasteiger charge is 2.38. The lowest BCUT2D eigenvalue weighted by molar-refractivity contribution is -0.116. The zero-order valence-corrected chi connectivity index (χ0v) is 16.3. The molecule has 2 N–H and O–H groups in total. The molecular weight excluding hydrogens is 374 g/mol. The molecule has 1 aliphatic rings. The summed E-state index contributed by atoms with van der Waals surface area (Å²) in [6.07, 6.45) is 2.20. The Morgan fingerprint density at radius 1 is 0.900 bits per heavy atom. The maximum absolute atomic E-state index is 13.2. The Morgan fingerprint density at radius 3 is 2.50 bits per heavy atom. The normalized spacial score (nSPS) is 15.4. The van der Waals surface area contributed by atoms with Gasteiger partial charge in [0.05, 0.1) is 6.04 Å². The molecule has 2 heterocycles. The third-order valence-corrected chi connectivity index (χ3v) is 5.61. The molecule has 0 bridgehead atoms. The van der Waals surface area contributed by atoms with Crippen LogP contribution in [-0.2, 0) is 4.79 Å². The standard InChI is InChI=1S/C25H21N3O2/c29-23(27-17-8-2-1-3-9-17)14-15-28-24(19-11-4-5-12-20(19)25(28)30)21-16-26-22-13-7-6-10-18(21)22/h1-13,16,24,26H,14-15H2,(H,27,29)/t24-/m0/s1. The van der Waals surface area contributed by atoms with Crippen LogP contribution in [-0.4, -0.2) is 28.2 Å². The summed E-state index contributed by atoms with van der Waals surface area (Å²) in [5, 5.41) is 3.99. The summed E-state index contributed by atoms with van der Waals surface area (Å²) >= 11 is 0. The highest BCUT2D eigenvalue weighted by Crippen LogP contribution is 2.41. The summed E-state index contributed by atoms with van der Waals surface area (Å²) in [6.45, 7) is 0.344. The number of carbonyl (C=O) groups excluding carboxylic acids is 2. The van der Waals surface area contributed by atoms with Crippen LogP contribution in [0, 0.1) is 0 Å². The molecular formula is C25H21N3O2. The number of anilines is 1. The second-order valence-corrected chi connectivity index (χ2v) is 7.44. The predicted octanol–water partition coefficient (Wildman–Crippen LogP) is 4.74. The summed E-state index contributed by atoms with van der Waals surface area (Å²) in [4.78, 5) is 30.8. The summed E-state index contributed by atoms with van der Waals surface area (Å²) in [6, 6.07) is 24.9. The number of amides is 2. The van der Waals surface area contributed by atoms with Gasteiger partial charge in [-0.2, -0.15) is 0 Å². The summed E-state index contributed by atoms with van der Waals surface area (Å²) in [7, 11) is 0. The lowest BCUT2D eigenvalue weighted by Gasteiger charge is -2.25. The number of hydrogen-bond donors (Lipinski definition) is 2. The number of benzene rings is 3. The van der Waals surface area contributed by atoms with E-state index in [2.05, 4.69) is 16.4 Å². The van der Waals surface area contributed by atoms with Crippen molar-refractivity contribution in [2.24, 2.45) is 0 Å². The minimum atomic E-state index is -0.214. The van der Waals surface area contributed by atoms with Crippen LogP contribution in [0.15, 0.2) is 85.1 Å². The van der Waals surface area contributed by atoms with E-state index in [9.17, 15) is 9.59 Å². The first kappa shape index (κ1) is 18.2. The first-order chi connectivity index (χ1) is 14.7. The van der Waals surface area contributed by atoms with Crippen LogP contribution in [0.4, 0.5) is 5.69 Å². The van der Waals surface area contributed by atoms with E-state index in [1.807, 2.05) is 83.9 Å². The van der Waals surface area contributed by atoms with Gasteiger partial charge in [-0.3, -0.25) is 9.59 Å². The van der Waals surface area contributed by atoms with Crippen LogP contribution in [0.3, 0.4) is 0 Å². The monoisotopic (exact) mass is 395 g/mol. The molecule has 148 valence electrons. The number of nitrogens with one attached hydrogen (secondary N) is 2. The van der Waals surface area contributed by atoms with Gasteiger partial charge in [0.15, 0.2) is 0 Å². The third-order valence-electron chi connectivity index (χ3n) is 5.61. The van der Waals surface area contributed by atoms with Gasteiger partial charge < -0.3 is 15.2 Å². The van der Waals surface area contributed by atoms with Gasteiger partial charge in [-0.05, 0) is 29.8 Å². The number of fused-ring (bicyclic) bond motifs is 2. The lowest BCUT2D eigenvalue weighted by Crippen LogP contribution is -2.32. The Bertz CT molecular complexity index is 1230. The van der Waals surface area contributed by atoms with Crippen molar-refractivity contribution in [2.75, 3.05) is 11.9 Å².